The summed E-state index contributed by atoms with van der Waals surface area (Å²) in [6.45, 7) is 0.683. The highest BCUT2D eigenvalue weighted by Gasteiger charge is 2.22. The maximum atomic E-state index is 5.59. The van der Waals surface area contributed by atoms with E-state index in [2.05, 4.69) is 4.98 Å². The monoisotopic (exact) mass is 152 g/mol. The summed E-state index contributed by atoms with van der Waals surface area (Å²) in [4.78, 5) is 4.13. The van der Waals surface area contributed by atoms with E-state index in [1.54, 1.807) is 0 Å². The Morgan fingerprint density at radius 1 is 1.73 bits per heavy atom. The quantitative estimate of drug-likeness (QED) is 0.654. The number of rotatable bonds is 1. The molecule has 2 N–H and O–H groups in total. The van der Waals surface area contributed by atoms with Gasteiger partial charge >= 0.3 is 0 Å². The van der Waals surface area contributed by atoms with E-state index in [1.165, 1.54) is 12.8 Å². The lowest BCUT2D eigenvalue weighted by molar-refractivity contribution is 0.420. The first kappa shape index (κ1) is 6.85. The Balaban J connectivity index is 2.32. The molecule has 1 atom stereocenters. The molecule has 0 amide bonds. The number of nitrogens with zero attached hydrogens (tertiary/aromatic N) is 1. The van der Waals surface area contributed by atoms with E-state index in [0.717, 1.165) is 24.3 Å². The second-order valence-corrected chi connectivity index (χ2v) is 2.99. The molecule has 0 radical (unpaired) electrons. The van der Waals surface area contributed by atoms with Gasteiger partial charge in [-0.3, -0.25) is 0 Å². The van der Waals surface area contributed by atoms with Gasteiger partial charge in [0.25, 0.3) is 0 Å². The smallest absolute Gasteiger partial charge is 0.181 e. The minimum absolute atomic E-state index is 0.418. The molecule has 1 unspecified atom stereocenters. The number of nitrogens with two attached hydrogens (primary N) is 1. The van der Waals surface area contributed by atoms with Gasteiger partial charge in [-0.25, -0.2) is 4.98 Å². The first-order valence-electron chi connectivity index (χ1n) is 4.04. The van der Waals surface area contributed by atoms with Crippen LogP contribution >= 0.6 is 0 Å². The van der Waals surface area contributed by atoms with E-state index in [0.29, 0.717) is 12.5 Å². The van der Waals surface area contributed by atoms with Crippen molar-refractivity contribution < 1.29 is 4.42 Å². The van der Waals surface area contributed by atoms with Gasteiger partial charge in [-0.15, -0.1) is 0 Å². The van der Waals surface area contributed by atoms with Crippen LogP contribution in [0.15, 0.2) is 10.8 Å². The van der Waals surface area contributed by atoms with Gasteiger partial charge in [0.05, 0.1) is 5.69 Å². The number of fused-ring (bicyclic) bond motifs is 1. The van der Waals surface area contributed by atoms with Crippen molar-refractivity contribution in [1.29, 1.82) is 0 Å². The maximum absolute atomic E-state index is 5.59. The van der Waals surface area contributed by atoms with Crippen LogP contribution in [0.4, 0.5) is 0 Å². The molecule has 11 heavy (non-hydrogen) atoms. The third-order valence-corrected chi connectivity index (χ3v) is 2.29. The molecule has 1 heterocycles. The summed E-state index contributed by atoms with van der Waals surface area (Å²) in [7, 11) is 0. The van der Waals surface area contributed by atoms with Gasteiger partial charge in [0.15, 0.2) is 6.39 Å². The van der Waals surface area contributed by atoms with Crippen LogP contribution in [0.1, 0.15) is 30.2 Å². The van der Waals surface area contributed by atoms with Crippen LogP contribution in [-0.2, 0) is 6.42 Å². The molecular weight excluding hydrogens is 140 g/mol. The van der Waals surface area contributed by atoms with Crippen molar-refractivity contribution >= 4 is 0 Å². The van der Waals surface area contributed by atoms with E-state index < -0.39 is 0 Å². The fourth-order valence-electron chi connectivity index (χ4n) is 1.67. The number of aromatic nitrogens is 1. The van der Waals surface area contributed by atoms with Crippen molar-refractivity contribution in [2.24, 2.45) is 5.73 Å². The van der Waals surface area contributed by atoms with Crippen molar-refractivity contribution in [2.75, 3.05) is 6.54 Å². The van der Waals surface area contributed by atoms with Crippen LogP contribution < -0.4 is 5.73 Å². The van der Waals surface area contributed by atoms with Gasteiger partial charge in [0.1, 0.15) is 5.76 Å². The molecule has 1 aromatic heterocycles. The zero-order chi connectivity index (χ0) is 7.68. The van der Waals surface area contributed by atoms with E-state index in [1.807, 2.05) is 0 Å². The average Bonchev–Trinajstić information content (AvgIpc) is 2.50. The highest BCUT2D eigenvalue weighted by Crippen LogP contribution is 2.29. The molecule has 2 rings (SSSR count). The molecule has 3 heteroatoms. The highest BCUT2D eigenvalue weighted by molar-refractivity contribution is 5.16. The lowest BCUT2D eigenvalue weighted by atomic mass is 9.91. The topological polar surface area (TPSA) is 52.0 Å². The number of hydrogen-bond donors (Lipinski definition) is 1. The first-order valence-corrected chi connectivity index (χ1v) is 4.04. The molecular formula is C8H12N2O. The molecule has 1 aliphatic carbocycles. The molecule has 0 fully saturated rings. The fourth-order valence-corrected chi connectivity index (χ4v) is 1.67. The minimum Gasteiger partial charge on any atom is -0.448 e. The summed E-state index contributed by atoms with van der Waals surface area (Å²) in [5.74, 6) is 1.44. The second-order valence-electron chi connectivity index (χ2n) is 2.99. The Bertz CT molecular complexity index is 244. The third-order valence-electron chi connectivity index (χ3n) is 2.29. The van der Waals surface area contributed by atoms with Crippen LogP contribution in [-0.4, -0.2) is 11.5 Å². The highest BCUT2D eigenvalue weighted by atomic mass is 16.3. The van der Waals surface area contributed by atoms with Crippen LogP contribution in [0, 0.1) is 0 Å². The summed E-state index contributed by atoms with van der Waals surface area (Å²) in [5.41, 5.74) is 6.71. The van der Waals surface area contributed by atoms with Crippen molar-refractivity contribution in [1.82, 2.24) is 4.98 Å². The SMILES string of the molecule is NCC1CCCc2ncoc21. The Morgan fingerprint density at radius 3 is 3.45 bits per heavy atom. The number of hydrogen-bond acceptors (Lipinski definition) is 3. The zero-order valence-electron chi connectivity index (χ0n) is 6.42. The van der Waals surface area contributed by atoms with Gasteiger partial charge in [0.2, 0.25) is 0 Å². The molecule has 3 nitrogen and oxygen atoms in total. The van der Waals surface area contributed by atoms with E-state index in [-0.39, 0.29) is 0 Å². The van der Waals surface area contributed by atoms with Crippen LogP contribution in [0.25, 0.3) is 0 Å². The largest absolute Gasteiger partial charge is 0.448 e. The number of aryl methyl sites for hydroxylation is 1. The third kappa shape index (κ3) is 1.05. The molecule has 1 aromatic rings. The van der Waals surface area contributed by atoms with Crippen molar-refractivity contribution in [3.8, 4) is 0 Å². The van der Waals surface area contributed by atoms with Crippen molar-refractivity contribution in [3.63, 3.8) is 0 Å². The van der Waals surface area contributed by atoms with E-state index >= 15 is 0 Å². The Morgan fingerprint density at radius 2 is 2.64 bits per heavy atom. The summed E-state index contributed by atoms with van der Waals surface area (Å²) >= 11 is 0. The lowest BCUT2D eigenvalue weighted by Gasteiger charge is -2.17. The number of oxazole rings is 1. The van der Waals surface area contributed by atoms with Crippen LogP contribution in [0.2, 0.25) is 0 Å². The molecule has 0 aromatic carbocycles. The van der Waals surface area contributed by atoms with Gasteiger partial charge in [-0.05, 0) is 19.3 Å². The second kappa shape index (κ2) is 2.66. The summed E-state index contributed by atoms with van der Waals surface area (Å²) in [6.07, 6.45) is 4.93. The molecule has 0 bridgehead atoms. The Hall–Kier alpha value is -0.830. The molecule has 0 spiro atoms. The Labute approximate surface area is 65.6 Å². The normalized spacial score (nSPS) is 23.2. The molecule has 60 valence electrons. The molecule has 0 saturated carbocycles. The van der Waals surface area contributed by atoms with Gasteiger partial charge in [0, 0.05) is 12.5 Å². The molecule has 0 saturated heterocycles. The van der Waals surface area contributed by atoms with E-state index in [9.17, 15) is 0 Å². The lowest BCUT2D eigenvalue weighted by Crippen LogP contribution is -2.17. The summed E-state index contributed by atoms with van der Waals surface area (Å²) in [6, 6.07) is 0. The van der Waals surface area contributed by atoms with Gasteiger partial charge < -0.3 is 10.2 Å². The Kier molecular flexibility index (Phi) is 1.66. The predicted molar refractivity (Wildman–Crippen MR) is 41.2 cm³/mol. The first-order chi connectivity index (χ1) is 5.42. The van der Waals surface area contributed by atoms with Crippen molar-refractivity contribution in [3.05, 3.63) is 17.8 Å². The standard InChI is InChI=1S/C8H12N2O/c9-4-6-2-1-3-7-8(6)11-5-10-7/h5-6H,1-4,9H2. The van der Waals surface area contributed by atoms with E-state index in [4.69, 9.17) is 10.2 Å². The maximum Gasteiger partial charge on any atom is 0.181 e. The fraction of sp³-hybridized carbons (Fsp3) is 0.625. The minimum atomic E-state index is 0.418. The molecule has 1 aliphatic rings. The summed E-state index contributed by atoms with van der Waals surface area (Å²) < 4.78 is 5.27. The van der Waals surface area contributed by atoms with Crippen LogP contribution in [0.5, 0.6) is 0 Å². The van der Waals surface area contributed by atoms with Crippen molar-refractivity contribution in [2.45, 2.75) is 25.2 Å². The van der Waals surface area contributed by atoms with Gasteiger partial charge in [-0.1, -0.05) is 0 Å². The zero-order valence-corrected chi connectivity index (χ0v) is 6.42. The summed E-state index contributed by atoms with van der Waals surface area (Å²) in [5, 5.41) is 0. The van der Waals surface area contributed by atoms with Crippen LogP contribution in [0.3, 0.4) is 0 Å². The predicted octanol–water partition coefficient (Wildman–Crippen LogP) is 1.05. The van der Waals surface area contributed by atoms with Gasteiger partial charge in [-0.2, -0.15) is 0 Å². The average molecular weight is 152 g/mol. The molecule has 0 aliphatic heterocycles.